The number of halogens is 2. The molecule has 0 aliphatic heterocycles. The average Bonchev–Trinajstić information content (AvgIpc) is 2.54. The third-order valence-electron chi connectivity index (χ3n) is 4.36. The first-order valence-electron chi connectivity index (χ1n) is 7.94. The Bertz CT molecular complexity index is 671. The number of nitrogens with zero attached hydrogens (tertiary/aromatic N) is 2. The summed E-state index contributed by atoms with van der Waals surface area (Å²) in [7, 11) is 0. The molecule has 1 unspecified atom stereocenters. The van der Waals surface area contributed by atoms with E-state index in [0.717, 1.165) is 42.0 Å². The standard InChI is InChI=1S/C18H22FN3.ClH/c1-11(2)18-21-16-8-3-12(10-20)9-15(16)17(22-18)13-4-6-14(19)7-5-13;/h4-7,11-12H,3,8-10,20H2,1-2H3;1H. The molecule has 1 aromatic heterocycles. The first-order valence-corrected chi connectivity index (χ1v) is 7.94. The van der Waals surface area contributed by atoms with Crippen molar-refractivity contribution in [2.75, 3.05) is 6.54 Å². The van der Waals surface area contributed by atoms with Crippen LogP contribution in [0, 0.1) is 11.7 Å². The van der Waals surface area contributed by atoms with Gasteiger partial charge in [0.15, 0.2) is 0 Å². The van der Waals surface area contributed by atoms with Gasteiger partial charge in [0.05, 0.1) is 5.69 Å². The highest BCUT2D eigenvalue weighted by Gasteiger charge is 2.24. The van der Waals surface area contributed by atoms with Crippen LogP contribution in [0.25, 0.3) is 11.3 Å². The van der Waals surface area contributed by atoms with Gasteiger partial charge in [0.1, 0.15) is 11.6 Å². The van der Waals surface area contributed by atoms with E-state index in [1.165, 1.54) is 17.7 Å². The number of aromatic nitrogens is 2. The Kier molecular flexibility index (Phi) is 5.71. The fourth-order valence-corrected chi connectivity index (χ4v) is 3.01. The molecule has 1 atom stereocenters. The summed E-state index contributed by atoms with van der Waals surface area (Å²) >= 11 is 0. The molecule has 0 saturated heterocycles. The van der Waals surface area contributed by atoms with Crippen LogP contribution in [0.2, 0.25) is 0 Å². The molecule has 124 valence electrons. The molecule has 0 bridgehead atoms. The Morgan fingerprint density at radius 2 is 1.91 bits per heavy atom. The van der Waals surface area contributed by atoms with Crippen molar-refractivity contribution in [3.05, 3.63) is 47.2 Å². The molecule has 0 radical (unpaired) electrons. The number of fused-ring (bicyclic) bond motifs is 1. The normalized spacial score (nSPS) is 16.8. The zero-order valence-electron chi connectivity index (χ0n) is 13.6. The molecule has 3 rings (SSSR count). The summed E-state index contributed by atoms with van der Waals surface area (Å²) in [6.07, 6.45) is 2.95. The monoisotopic (exact) mass is 335 g/mol. The van der Waals surface area contributed by atoms with E-state index in [1.807, 2.05) is 0 Å². The van der Waals surface area contributed by atoms with Crippen molar-refractivity contribution in [1.29, 1.82) is 0 Å². The number of hydrogen-bond acceptors (Lipinski definition) is 3. The summed E-state index contributed by atoms with van der Waals surface area (Å²) in [4.78, 5) is 9.54. The highest BCUT2D eigenvalue weighted by molar-refractivity contribution is 5.85. The van der Waals surface area contributed by atoms with Crippen LogP contribution in [-0.4, -0.2) is 16.5 Å². The first-order chi connectivity index (χ1) is 10.6. The molecular weight excluding hydrogens is 313 g/mol. The Morgan fingerprint density at radius 3 is 2.52 bits per heavy atom. The molecule has 0 spiro atoms. The molecule has 1 heterocycles. The topological polar surface area (TPSA) is 51.8 Å². The molecule has 2 aromatic rings. The van der Waals surface area contributed by atoms with E-state index < -0.39 is 0 Å². The molecule has 5 heteroatoms. The van der Waals surface area contributed by atoms with Gasteiger partial charge in [-0.1, -0.05) is 13.8 Å². The van der Waals surface area contributed by atoms with E-state index in [9.17, 15) is 4.39 Å². The molecule has 1 aliphatic carbocycles. The second-order valence-corrected chi connectivity index (χ2v) is 6.36. The molecule has 0 saturated carbocycles. The maximum atomic E-state index is 13.2. The number of hydrogen-bond donors (Lipinski definition) is 1. The predicted octanol–water partition coefficient (Wildman–Crippen LogP) is 3.89. The van der Waals surface area contributed by atoms with Crippen molar-refractivity contribution in [3.63, 3.8) is 0 Å². The van der Waals surface area contributed by atoms with Crippen LogP contribution in [-0.2, 0) is 12.8 Å². The minimum atomic E-state index is -0.226. The van der Waals surface area contributed by atoms with Crippen molar-refractivity contribution in [2.45, 2.75) is 39.0 Å². The zero-order valence-corrected chi connectivity index (χ0v) is 14.4. The third-order valence-corrected chi connectivity index (χ3v) is 4.36. The smallest absolute Gasteiger partial charge is 0.131 e. The SMILES string of the molecule is CC(C)c1nc2c(c(-c3ccc(F)cc3)n1)CC(CN)CC2.Cl. The fourth-order valence-electron chi connectivity index (χ4n) is 3.01. The van der Waals surface area contributed by atoms with E-state index in [4.69, 9.17) is 15.7 Å². The average molecular weight is 336 g/mol. The van der Waals surface area contributed by atoms with Gasteiger partial charge in [-0.15, -0.1) is 12.4 Å². The quantitative estimate of drug-likeness (QED) is 0.925. The maximum absolute atomic E-state index is 13.2. The highest BCUT2D eigenvalue weighted by atomic mass is 35.5. The summed E-state index contributed by atoms with van der Waals surface area (Å²) in [5.74, 6) is 1.40. The zero-order chi connectivity index (χ0) is 15.7. The Labute approximate surface area is 143 Å². The lowest BCUT2D eigenvalue weighted by atomic mass is 9.84. The summed E-state index contributed by atoms with van der Waals surface area (Å²) in [6, 6.07) is 6.58. The van der Waals surface area contributed by atoms with Crippen molar-refractivity contribution >= 4 is 12.4 Å². The number of aryl methyl sites for hydroxylation is 1. The van der Waals surface area contributed by atoms with Crippen molar-refractivity contribution in [1.82, 2.24) is 9.97 Å². The van der Waals surface area contributed by atoms with Gasteiger partial charge >= 0.3 is 0 Å². The lowest BCUT2D eigenvalue weighted by molar-refractivity contribution is 0.460. The number of rotatable bonds is 3. The Hall–Kier alpha value is -1.52. The van der Waals surface area contributed by atoms with E-state index in [2.05, 4.69) is 13.8 Å². The van der Waals surface area contributed by atoms with Gasteiger partial charge in [-0.05, 0) is 56.0 Å². The van der Waals surface area contributed by atoms with Gasteiger partial charge < -0.3 is 5.73 Å². The van der Waals surface area contributed by atoms with Crippen LogP contribution < -0.4 is 5.73 Å². The van der Waals surface area contributed by atoms with Gasteiger partial charge in [0.2, 0.25) is 0 Å². The molecule has 0 amide bonds. The second kappa shape index (κ2) is 7.37. The summed E-state index contributed by atoms with van der Waals surface area (Å²) in [5.41, 5.74) is 10.1. The molecule has 23 heavy (non-hydrogen) atoms. The van der Waals surface area contributed by atoms with Gasteiger partial charge in [0, 0.05) is 22.7 Å². The van der Waals surface area contributed by atoms with Crippen LogP contribution in [0.1, 0.15) is 43.3 Å². The van der Waals surface area contributed by atoms with Crippen LogP contribution in [0.5, 0.6) is 0 Å². The van der Waals surface area contributed by atoms with Gasteiger partial charge in [-0.3, -0.25) is 0 Å². The first kappa shape index (κ1) is 17.8. The number of nitrogens with two attached hydrogens (primary N) is 1. The highest BCUT2D eigenvalue weighted by Crippen LogP contribution is 2.32. The maximum Gasteiger partial charge on any atom is 0.131 e. The van der Waals surface area contributed by atoms with E-state index in [-0.39, 0.29) is 24.1 Å². The molecular formula is C18H23ClFN3. The lowest BCUT2D eigenvalue weighted by Crippen LogP contribution is -2.24. The number of benzene rings is 1. The van der Waals surface area contributed by atoms with Crippen LogP contribution in [0.3, 0.4) is 0 Å². The van der Waals surface area contributed by atoms with Gasteiger partial charge in [-0.25, -0.2) is 14.4 Å². The summed E-state index contributed by atoms with van der Waals surface area (Å²) in [5, 5.41) is 0. The summed E-state index contributed by atoms with van der Waals surface area (Å²) in [6.45, 7) is 4.89. The molecule has 0 fully saturated rings. The van der Waals surface area contributed by atoms with Crippen LogP contribution in [0.15, 0.2) is 24.3 Å². The largest absolute Gasteiger partial charge is 0.330 e. The minimum absolute atomic E-state index is 0. The molecule has 1 aromatic carbocycles. The van der Waals surface area contributed by atoms with Crippen LogP contribution in [0.4, 0.5) is 4.39 Å². The second-order valence-electron chi connectivity index (χ2n) is 6.36. The molecule has 2 N–H and O–H groups in total. The molecule has 3 nitrogen and oxygen atoms in total. The summed E-state index contributed by atoms with van der Waals surface area (Å²) < 4.78 is 13.2. The van der Waals surface area contributed by atoms with E-state index >= 15 is 0 Å². The fraction of sp³-hybridized carbons (Fsp3) is 0.444. The third kappa shape index (κ3) is 3.70. The van der Waals surface area contributed by atoms with E-state index in [0.29, 0.717) is 12.5 Å². The van der Waals surface area contributed by atoms with Crippen molar-refractivity contribution in [2.24, 2.45) is 11.7 Å². The molecule has 1 aliphatic rings. The lowest BCUT2D eigenvalue weighted by Gasteiger charge is -2.25. The van der Waals surface area contributed by atoms with Gasteiger partial charge in [-0.2, -0.15) is 0 Å². The van der Waals surface area contributed by atoms with Crippen molar-refractivity contribution < 1.29 is 4.39 Å². The van der Waals surface area contributed by atoms with E-state index in [1.54, 1.807) is 12.1 Å². The Morgan fingerprint density at radius 1 is 1.22 bits per heavy atom. The van der Waals surface area contributed by atoms with Crippen LogP contribution >= 0.6 is 12.4 Å². The van der Waals surface area contributed by atoms with Crippen molar-refractivity contribution in [3.8, 4) is 11.3 Å². The minimum Gasteiger partial charge on any atom is -0.330 e. The van der Waals surface area contributed by atoms with Gasteiger partial charge in [0.25, 0.3) is 0 Å². The predicted molar refractivity (Wildman–Crippen MR) is 93.3 cm³/mol. The Balaban J connectivity index is 0.00000192.